The second-order valence-electron chi connectivity index (χ2n) is 5.70. The minimum Gasteiger partial charge on any atom is -0.351 e. The molecule has 0 bridgehead atoms. The van der Waals surface area contributed by atoms with Crippen molar-refractivity contribution in [2.24, 2.45) is 0 Å². The molecule has 110 valence electrons. The number of hydrogen-bond acceptors (Lipinski definition) is 3. The fourth-order valence-corrected chi connectivity index (χ4v) is 2.54. The fourth-order valence-electron chi connectivity index (χ4n) is 2.54. The van der Waals surface area contributed by atoms with E-state index in [1.165, 1.54) is 5.56 Å². The van der Waals surface area contributed by atoms with E-state index in [2.05, 4.69) is 41.2 Å². The van der Waals surface area contributed by atoms with E-state index in [1.54, 1.807) is 0 Å². The molecule has 1 aliphatic rings. The fraction of sp³-hybridized carbons (Fsp3) is 0.562. The van der Waals surface area contributed by atoms with Gasteiger partial charge in [-0.25, -0.2) is 0 Å². The number of aryl methyl sites for hydroxylation is 1. The molecule has 4 nitrogen and oxygen atoms in total. The molecule has 4 heteroatoms. The zero-order chi connectivity index (χ0) is 14.4. The first-order valence-electron chi connectivity index (χ1n) is 7.36. The number of amides is 1. The average Bonchev–Trinajstić information content (AvgIpc) is 2.62. The number of rotatable bonds is 4. The van der Waals surface area contributed by atoms with Crippen molar-refractivity contribution in [2.45, 2.75) is 19.9 Å². The predicted octanol–water partition coefficient (Wildman–Crippen LogP) is 1.25. The largest absolute Gasteiger partial charge is 0.351 e. The summed E-state index contributed by atoms with van der Waals surface area (Å²) in [6, 6.07) is 8.26. The number of benzene rings is 1. The van der Waals surface area contributed by atoms with Crippen LogP contribution < -0.4 is 5.32 Å². The number of carbonyl (C=O) groups is 1. The van der Waals surface area contributed by atoms with Gasteiger partial charge in [0.2, 0.25) is 5.91 Å². The monoisotopic (exact) mass is 275 g/mol. The minimum absolute atomic E-state index is 0.121. The maximum Gasteiger partial charge on any atom is 0.234 e. The van der Waals surface area contributed by atoms with Gasteiger partial charge in [-0.1, -0.05) is 29.8 Å². The molecular weight excluding hydrogens is 250 g/mol. The Labute approximate surface area is 121 Å². The Balaban J connectivity index is 1.75. The van der Waals surface area contributed by atoms with Gasteiger partial charge in [0.15, 0.2) is 0 Å². The van der Waals surface area contributed by atoms with E-state index in [-0.39, 0.29) is 5.91 Å². The van der Waals surface area contributed by atoms with Crippen LogP contribution in [0.4, 0.5) is 0 Å². The summed E-state index contributed by atoms with van der Waals surface area (Å²) in [6.07, 6.45) is 1.14. The molecule has 0 radical (unpaired) electrons. The highest BCUT2D eigenvalue weighted by molar-refractivity contribution is 5.78. The maximum atomic E-state index is 12.0. The van der Waals surface area contributed by atoms with Crippen LogP contribution in [-0.2, 0) is 11.3 Å². The van der Waals surface area contributed by atoms with Crippen molar-refractivity contribution in [3.05, 3.63) is 35.4 Å². The van der Waals surface area contributed by atoms with Crippen LogP contribution >= 0.6 is 0 Å². The topological polar surface area (TPSA) is 35.6 Å². The van der Waals surface area contributed by atoms with Crippen LogP contribution in [0, 0.1) is 6.92 Å². The lowest BCUT2D eigenvalue weighted by molar-refractivity contribution is -0.122. The maximum absolute atomic E-state index is 12.0. The summed E-state index contributed by atoms with van der Waals surface area (Å²) in [4.78, 5) is 16.6. The third-order valence-electron chi connectivity index (χ3n) is 3.75. The first-order chi connectivity index (χ1) is 9.63. The highest BCUT2D eigenvalue weighted by Crippen LogP contribution is 2.04. The van der Waals surface area contributed by atoms with Gasteiger partial charge in [-0.3, -0.25) is 9.69 Å². The molecule has 1 aromatic rings. The van der Waals surface area contributed by atoms with Gasteiger partial charge in [0.1, 0.15) is 0 Å². The van der Waals surface area contributed by atoms with Crippen molar-refractivity contribution in [3.63, 3.8) is 0 Å². The van der Waals surface area contributed by atoms with Crippen molar-refractivity contribution in [1.82, 2.24) is 15.1 Å². The third kappa shape index (κ3) is 4.94. The van der Waals surface area contributed by atoms with Gasteiger partial charge in [-0.05, 0) is 39.0 Å². The molecule has 0 aromatic heterocycles. The molecule has 20 heavy (non-hydrogen) atoms. The SMILES string of the molecule is Cc1cccc(CNC(=O)CN2CCCN(C)CC2)c1. The van der Waals surface area contributed by atoms with E-state index >= 15 is 0 Å². The summed E-state index contributed by atoms with van der Waals surface area (Å²) in [6.45, 7) is 7.37. The van der Waals surface area contributed by atoms with E-state index in [0.717, 1.165) is 38.2 Å². The summed E-state index contributed by atoms with van der Waals surface area (Å²) in [7, 11) is 2.14. The standard InChI is InChI=1S/C16H25N3O/c1-14-5-3-6-15(11-14)12-17-16(20)13-19-8-4-7-18(2)9-10-19/h3,5-6,11H,4,7-10,12-13H2,1-2H3,(H,17,20). The lowest BCUT2D eigenvalue weighted by Crippen LogP contribution is -2.38. The Bertz CT molecular complexity index is 447. The zero-order valence-electron chi connectivity index (χ0n) is 12.6. The first-order valence-corrected chi connectivity index (χ1v) is 7.36. The predicted molar refractivity (Wildman–Crippen MR) is 81.6 cm³/mol. The smallest absolute Gasteiger partial charge is 0.234 e. The average molecular weight is 275 g/mol. The van der Waals surface area contributed by atoms with Crippen molar-refractivity contribution in [1.29, 1.82) is 0 Å². The van der Waals surface area contributed by atoms with Gasteiger partial charge >= 0.3 is 0 Å². The Hall–Kier alpha value is -1.39. The molecular formula is C16H25N3O. The van der Waals surface area contributed by atoms with E-state index in [0.29, 0.717) is 13.1 Å². The highest BCUT2D eigenvalue weighted by Gasteiger charge is 2.14. The lowest BCUT2D eigenvalue weighted by atomic mass is 10.1. The van der Waals surface area contributed by atoms with E-state index in [9.17, 15) is 4.79 Å². The van der Waals surface area contributed by atoms with Crippen molar-refractivity contribution in [3.8, 4) is 0 Å². The molecule has 0 aliphatic carbocycles. The molecule has 0 atom stereocenters. The molecule has 1 heterocycles. The summed E-state index contributed by atoms with van der Waals surface area (Å²) < 4.78 is 0. The quantitative estimate of drug-likeness (QED) is 0.898. The van der Waals surface area contributed by atoms with E-state index in [4.69, 9.17) is 0 Å². The molecule has 0 spiro atoms. The molecule has 1 amide bonds. The summed E-state index contributed by atoms with van der Waals surface area (Å²) in [5.74, 6) is 0.121. The van der Waals surface area contributed by atoms with Crippen LogP contribution in [0.1, 0.15) is 17.5 Å². The van der Waals surface area contributed by atoms with E-state index in [1.807, 2.05) is 12.1 Å². The van der Waals surface area contributed by atoms with Crippen LogP contribution in [0.2, 0.25) is 0 Å². The molecule has 0 saturated carbocycles. The Morgan fingerprint density at radius 2 is 2.10 bits per heavy atom. The highest BCUT2D eigenvalue weighted by atomic mass is 16.2. The Morgan fingerprint density at radius 3 is 2.90 bits per heavy atom. The van der Waals surface area contributed by atoms with Crippen LogP contribution in [0.25, 0.3) is 0 Å². The van der Waals surface area contributed by atoms with Gasteiger partial charge < -0.3 is 10.2 Å². The van der Waals surface area contributed by atoms with Gasteiger partial charge in [-0.2, -0.15) is 0 Å². The van der Waals surface area contributed by atoms with E-state index < -0.39 is 0 Å². The minimum atomic E-state index is 0.121. The number of nitrogens with one attached hydrogen (secondary N) is 1. The Kier molecular flexibility index (Phi) is 5.56. The van der Waals surface area contributed by atoms with Crippen molar-refractivity contribution < 1.29 is 4.79 Å². The first kappa shape index (κ1) is 15.0. The zero-order valence-corrected chi connectivity index (χ0v) is 12.6. The molecule has 2 rings (SSSR count). The summed E-state index contributed by atoms with van der Waals surface area (Å²) in [5.41, 5.74) is 2.39. The second-order valence-corrected chi connectivity index (χ2v) is 5.70. The molecule has 0 unspecified atom stereocenters. The molecule has 1 N–H and O–H groups in total. The van der Waals surface area contributed by atoms with Crippen LogP contribution in [0.5, 0.6) is 0 Å². The molecule has 1 saturated heterocycles. The van der Waals surface area contributed by atoms with Crippen molar-refractivity contribution in [2.75, 3.05) is 39.8 Å². The third-order valence-corrected chi connectivity index (χ3v) is 3.75. The Morgan fingerprint density at radius 1 is 1.25 bits per heavy atom. The normalized spacial score (nSPS) is 17.7. The second kappa shape index (κ2) is 7.41. The van der Waals surface area contributed by atoms with Crippen LogP contribution in [-0.4, -0.2) is 55.5 Å². The van der Waals surface area contributed by atoms with Gasteiger partial charge in [0.25, 0.3) is 0 Å². The van der Waals surface area contributed by atoms with Crippen LogP contribution in [0.15, 0.2) is 24.3 Å². The number of hydrogen-bond donors (Lipinski definition) is 1. The molecule has 1 aliphatic heterocycles. The summed E-state index contributed by atoms with van der Waals surface area (Å²) >= 11 is 0. The molecule has 1 aromatic carbocycles. The lowest BCUT2D eigenvalue weighted by Gasteiger charge is -2.19. The molecule has 1 fully saturated rings. The summed E-state index contributed by atoms with van der Waals surface area (Å²) in [5, 5.41) is 3.01. The number of likely N-dealkylation sites (N-methyl/N-ethyl adjacent to an activating group) is 1. The number of nitrogens with zero attached hydrogens (tertiary/aromatic N) is 2. The van der Waals surface area contributed by atoms with Gasteiger partial charge in [0, 0.05) is 19.6 Å². The van der Waals surface area contributed by atoms with Gasteiger partial charge in [-0.15, -0.1) is 0 Å². The van der Waals surface area contributed by atoms with Crippen molar-refractivity contribution >= 4 is 5.91 Å². The number of carbonyl (C=O) groups excluding carboxylic acids is 1. The van der Waals surface area contributed by atoms with Gasteiger partial charge in [0.05, 0.1) is 6.54 Å². The van der Waals surface area contributed by atoms with Crippen LogP contribution in [0.3, 0.4) is 0 Å².